The summed E-state index contributed by atoms with van der Waals surface area (Å²) >= 11 is 0. The molecule has 1 aliphatic rings. The summed E-state index contributed by atoms with van der Waals surface area (Å²) in [6.07, 6.45) is 7.48. The highest BCUT2D eigenvalue weighted by molar-refractivity contribution is 5.92. The van der Waals surface area contributed by atoms with Gasteiger partial charge in [0.25, 0.3) is 5.56 Å². The summed E-state index contributed by atoms with van der Waals surface area (Å²) < 4.78 is 9.30. The average Bonchev–Trinajstić information content (AvgIpc) is 3.33. The molecule has 38 heavy (non-hydrogen) atoms. The van der Waals surface area contributed by atoms with Gasteiger partial charge in [-0.15, -0.1) is 5.10 Å². The standard InChI is InChI=1S/C29H27N7O2/c1-34-10-7-20(8-11-34)19-38-24-16-31-28(32-17-24)23-4-2-3-22(13-23)18-35-27(37)6-5-25-26-14-21(15-30)9-12-36(26)33-29(25)35/h2-6,9,12-14,16-17,20H,7-8,10-11,18-19H2,1H3. The first-order valence-corrected chi connectivity index (χ1v) is 12.7. The van der Waals surface area contributed by atoms with Crippen LogP contribution in [0.4, 0.5) is 0 Å². The molecule has 1 aromatic carbocycles. The number of aromatic nitrogens is 5. The molecule has 0 bridgehead atoms. The molecule has 1 fully saturated rings. The number of nitrogens with zero attached hydrogens (tertiary/aromatic N) is 7. The first-order valence-electron chi connectivity index (χ1n) is 12.7. The van der Waals surface area contributed by atoms with Gasteiger partial charge in [-0.25, -0.2) is 14.5 Å². The third-order valence-corrected chi connectivity index (χ3v) is 7.17. The number of nitriles is 1. The molecule has 0 saturated carbocycles. The van der Waals surface area contributed by atoms with Crippen molar-refractivity contribution in [3.63, 3.8) is 0 Å². The summed E-state index contributed by atoms with van der Waals surface area (Å²) in [5, 5.41) is 14.7. The minimum atomic E-state index is -0.144. The van der Waals surface area contributed by atoms with E-state index in [1.165, 1.54) is 0 Å². The van der Waals surface area contributed by atoms with E-state index >= 15 is 0 Å². The van der Waals surface area contributed by atoms with E-state index in [-0.39, 0.29) is 5.56 Å². The zero-order valence-corrected chi connectivity index (χ0v) is 21.1. The summed E-state index contributed by atoms with van der Waals surface area (Å²) in [4.78, 5) is 24.3. The molecule has 0 radical (unpaired) electrons. The lowest BCUT2D eigenvalue weighted by molar-refractivity contribution is 0.159. The van der Waals surface area contributed by atoms with Gasteiger partial charge in [0.05, 0.1) is 42.7 Å². The van der Waals surface area contributed by atoms with Crippen LogP contribution in [0.1, 0.15) is 24.0 Å². The van der Waals surface area contributed by atoms with Crippen LogP contribution in [0, 0.1) is 17.2 Å². The molecule has 0 amide bonds. The maximum atomic E-state index is 12.8. The summed E-state index contributed by atoms with van der Waals surface area (Å²) in [6.45, 7) is 3.25. The molecule has 0 N–H and O–H groups in total. The number of likely N-dealkylation sites (tertiary alicyclic amines) is 1. The fraction of sp³-hybridized carbons (Fsp3) is 0.276. The predicted molar refractivity (Wildman–Crippen MR) is 144 cm³/mol. The number of pyridine rings is 2. The molecule has 0 spiro atoms. The zero-order chi connectivity index (χ0) is 26.1. The van der Waals surface area contributed by atoms with Crippen molar-refractivity contribution < 1.29 is 4.74 Å². The monoisotopic (exact) mass is 505 g/mol. The second-order valence-corrected chi connectivity index (χ2v) is 9.85. The van der Waals surface area contributed by atoms with Gasteiger partial charge in [0.2, 0.25) is 0 Å². The van der Waals surface area contributed by atoms with Crippen molar-refractivity contribution in [1.29, 1.82) is 5.26 Å². The maximum Gasteiger partial charge on any atom is 0.252 e. The molecule has 6 rings (SSSR count). The molecule has 1 aliphatic heterocycles. The Labute approximate surface area is 219 Å². The summed E-state index contributed by atoms with van der Waals surface area (Å²) in [5.41, 5.74) is 3.54. The quantitative estimate of drug-likeness (QED) is 0.346. The topological polar surface area (TPSA) is 101 Å². The Kier molecular flexibility index (Phi) is 6.32. The van der Waals surface area contributed by atoms with E-state index in [0.717, 1.165) is 48.0 Å². The number of rotatable bonds is 6. The number of benzene rings is 1. The Morgan fingerprint density at radius 1 is 1.08 bits per heavy atom. The van der Waals surface area contributed by atoms with E-state index in [0.29, 0.717) is 41.9 Å². The normalized spacial score (nSPS) is 14.6. The Morgan fingerprint density at radius 2 is 1.89 bits per heavy atom. The van der Waals surface area contributed by atoms with Crippen LogP contribution in [0.15, 0.2) is 71.9 Å². The number of hydrogen-bond donors (Lipinski definition) is 0. The molecule has 1 saturated heterocycles. The van der Waals surface area contributed by atoms with Crippen molar-refractivity contribution in [2.75, 3.05) is 26.7 Å². The average molecular weight is 506 g/mol. The van der Waals surface area contributed by atoms with Gasteiger partial charge in [0, 0.05) is 23.2 Å². The van der Waals surface area contributed by atoms with Crippen LogP contribution in [0.25, 0.3) is 27.9 Å². The Morgan fingerprint density at radius 3 is 2.68 bits per heavy atom. The van der Waals surface area contributed by atoms with Crippen molar-refractivity contribution in [2.45, 2.75) is 19.4 Å². The second-order valence-electron chi connectivity index (χ2n) is 9.85. The SMILES string of the molecule is CN1CCC(COc2cnc(-c3cccc(Cn4c(=O)ccc5c4nn4ccc(C#N)cc54)c3)nc2)CC1. The minimum absolute atomic E-state index is 0.144. The van der Waals surface area contributed by atoms with E-state index < -0.39 is 0 Å². The van der Waals surface area contributed by atoms with Gasteiger partial charge in [-0.05, 0) is 68.7 Å². The summed E-state index contributed by atoms with van der Waals surface area (Å²) in [6, 6.07) is 16.8. The van der Waals surface area contributed by atoms with E-state index in [9.17, 15) is 10.1 Å². The van der Waals surface area contributed by atoms with Gasteiger partial charge < -0.3 is 9.64 Å². The van der Waals surface area contributed by atoms with Gasteiger partial charge in [0.15, 0.2) is 17.2 Å². The largest absolute Gasteiger partial charge is 0.490 e. The molecule has 0 unspecified atom stereocenters. The first kappa shape index (κ1) is 23.8. The predicted octanol–water partition coefficient (Wildman–Crippen LogP) is 3.75. The van der Waals surface area contributed by atoms with E-state index in [1.807, 2.05) is 24.3 Å². The van der Waals surface area contributed by atoms with Crippen molar-refractivity contribution in [2.24, 2.45) is 5.92 Å². The van der Waals surface area contributed by atoms with E-state index in [4.69, 9.17) is 4.74 Å². The molecular formula is C29H27N7O2. The van der Waals surface area contributed by atoms with Gasteiger partial charge in [0.1, 0.15) is 0 Å². The highest BCUT2D eigenvalue weighted by Crippen LogP contribution is 2.23. The van der Waals surface area contributed by atoms with Gasteiger partial charge in [-0.1, -0.05) is 18.2 Å². The molecule has 5 heterocycles. The molecular weight excluding hydrogens is 478 g/mol. The number of fused-ring (bicyclic) bond motifs is 3. The Balaban J connectivity index is 1.22. The van der Waals surface area contributed by atoms with E-state index in [2.05, 4.69) is 33.1 Å². The van der Waals surface area contributed by atoms with Gasteiger partial charge in [-0.2, -0.15) is 5.26 Å². The van der Waals surface area contributed by atoms with Gasteiger partial charge >= 0.3 is 0 Å². The fourth-order valence-corrected chi connectivity index (χ4v) is 4.96. The van der Waals surface area contributed by atoms with Crippen LogP contribution in [-0.2, 0) is 6.54 Å². The van der Waals surface area contributed by atoms with E-state index in [1.54, 1.807) is 51.9 Å². The maximum absolute atomic E-state index is 12.8. The highest BCUT2D eigenvalue weighted by atomic mass is 16.5. The number of piperidine rings is 1. The first-order chi connectivity index (χ1) is 18.6. The molecule has 5 aromatic rings. The van der Waals surface area contributed by atoms with Crippen molar-refractivity contribution in [3.8, 4) is 23.2 Å². The fourth-order valence-electron chi connectivity index (χ4n) is 4.96. The smallest absolute Gasteiger partial charge is 0.252 e. The summed E-state index contributed by atoms with van der Waals surface area (Å²) in [5.74, 6) is 1.84. The molecule has 0 aliphatic carbocycles. The van der Waals surface area contributed by atoms with Crippen LogP contribution in [-0.4, -0.2) is 55.8 Å². The van der Waals surface area contributed by atoms with Crippen LogP contribution in [0.5, 0.6) is 5.75 Å². The van der Waals surface area contributed by atoms with Gasteiger partial charge in [-0.3, -0.25) is 9.36 Å². The third-order valence-electron chi connectivity index (χ3n) is 7.17. The molecule has 190 valence electrons. The Bertz CT molecular complexity index is 1710. The van der Waals surface area contributed by atoms with Crippen molar-refractivity contribution in [1.82, 2.24) is 29.0 Å². The third kappa shape index (κ3) is 4.74. The lowest BCUT2D eigenvalue weighted by Gasteiger charge is -2.28. The van der Waals surface area contributed by atoms with Crippen LogP contribution < -0.4 is 10.3 Å². The summed E-state index contributed by atoms with van der Waals surface area (Å²) in [7, 11) is 2.16. The number of hydrogen-bond acceptors (Lipinski definition) is 7. The van der Waals surface area contributed by atoms with Crippen LogP contribution in [0.3, 0.4) is 0 Å². The zero-order valence-electron chi connectivity index (χ0n) is 21.1. The minimum Gasteiger partial charge on any atom is -0.490 e. The molecule has 9 nitrogen and oxygen atoms in total. The lowest BCUT2D eigenvalue weighted by atomic mass is 9.98. The molecule has 4 aromatic heterocycles. The van der Waals surface area contributed by atoms with Crippen LogP contribution in [0.2, 0.25) is 0 Å². The second kappa shape index (κ2) is 10.1. The van der Waals surface area contributed by atoms with Crippen LogP contribution >= 0.6 is 0 Å². The number of ether oxygens (including phenoxy) is 1. The highest BCUT2D eigenvalue weighted by Gasteiger charge is 2.17. The molecule has 9 heteroatoms. The van der Waals surface area contributed by atoms with Crippen molar-refractivity contribution >= 4 is 16.6 Å². The van der Waals surface area contributed by atoms with Crippen molar-refractivity contribution in [3.05, 3.63) is 88.6 Å². The lowest BCUT2D eigenvalue weighted by Crippen LogP contribution is -2.32. The Hall–Kier alpha value is -4.55. The molecule has 0 atom stereocenters.